The van der Waals surface area contributed by atoms with Crippen LogP contribution in [0.5, 0.6) is 0 Å². The third-order valence-electron chi connectivity index (χ3n) is 2.43. The minimum Gasteiger partial charge on any atom is -0.399 e. The van der Waals surface area contributed by atoms with E-state index in [2.05, 4.69) is 5.32 Å². The molecule has 0 aliphatic carbocycles. The van der Waals surface area contributed by atoms with Crippen molar-refractivity contribution in [1.29, 1.82) is 0 Å². The second-order valence-corrected chi connectivity index (χ2v) is 3.63. The van der Waals surface area contributed by atoms with E-state index in [-0.39, 0.29) is 11.8 Å². The van der Waals surface area contributed by atoms with Crippen molar-refractivity contribution in [1.82, 2.24) is 5.32 Å². The van der Waals surface area contributed by atoms with Crippen molar-refractivity contribution >= 4 is 18.0 Å². The smallest absolute Gasteiger partial charge is 0.233 e. The zero-order valence-corrected chi connectivity index (χ0v) is 9.27. The maximum absolute atomic E-state index is 11.6. The Bertz CT molecular complexity index is 360. The highest BCUT2D eigenvalue weighted by Gasteiger charge is 2.18. The van der Waals surface area contributed by atoms with E-state index in [1.54, 1.807) is 12.1 Å². The molecule has 2 amide bonds. The predicted octanol–water partition coefficient (Wildman–Crippen LogP) is 1.43. The van der Waals surface area contributed by atoms with Crippen LogP contribution in [-0.4, -0.2) is 12.3 Å². The number of carbonyl (C=O) groups is 2. The lowest BCUT2D eigenvalue weighted by atomic mass is 9.93. The van der Waals surface area contributed by atoms with Crippen LogP contribution in [0.15, 0.2) is 24.3 Å². The van der Waals surface area contributed by atoms with Gasteiger partial charge in [0.15, 0.2) is 0 Å². The van der Waals surface area contributed by atoms with E-state index in [0.29, 0.717) is 18.5 Å². The van der Waals surface area contributed by atoms with Gasteiger partial charge in [0.2, 0.25) is 12.3 Å². The molecule has 0 bridgehead atoms. The molecule has 16 heavy (non-hydrogen) atoms. The molecule has 0 heterocycles. The minimum absolute atomic E-state index is 0.262. The highest BCUT2D eigenvalue weighted by atomic mass is 16.2. The number of amides is 2. The maximum Gasteiger partial charge on any atom is 0.233 e. The molecule has 0 spiro atoms. The molecule has 1 rings (SSSR count). The minimum atomic E-state index is -0.282. The van der Waals surface area contributed by atoms with Crippen molar-refractivity contribution in [3.63, 3.8) is 0 Å². The summed E-state index contributed by atoms with van der Waals surface area (Å²) in [5.74, 6) is -0.544. The van der Waals surface area contributed by atoms with Crippen LogP contribution in [0, 0.1) is 0 Å². The molecule has 0 saturated heterocycles. The average Bonchev–Trinajstić information content (AvgIpc) is 2.28. The van der Waals surface area contributed by atoms with Gasteiger partial charge < -0.3 is 5.73 Å². The molecule has 1 unspecified atom stereocenters. The number of nitrogens with two attached hydrogens (primary N) is 1. The Hall–Kier alpha value is -1.84. The van der Waals surface area contributed by atoms with Gasteiger partial charge in [-0.05, 0) is 24.1 Å². The normalized spacial score (nSPS) is 11.8. The molecule has 0 saturated carbocycles. The van der Waals surface area contributed by atoms with Gasteiger partial charge in [-0.1, -0.05) is 25.5 Å². The van der Waals surface area contributed by atoms with Crippen molar-refractivity contribution in [3.05, 3.63) is 29.8 Å². The van der Waals surface area contributed by atoms with Gasteiger partial charge in [0.05, 0.1) is 5.92 Å². The van der Waals surface area contributed by atoms with Crippen LogP contribution in [0.3, 0.4) is 0 Å². The number of hydrogen-bond acceptors (Lipinski definition) is 3. The monoisotopic (exact) mass is 220 g/mol. The number of anilines is 1. The fourth-order valence-corrected chi connectivity index (χ4v) is 1.62. The van der Waals surface area contributed by atoms with Gasteiger partial charge in [0, 0.05) is 5.69 Å². The molecule has 0 aromatic heterocycles. The lowest BCUT2D eigenvalue weighted by Crippen LogP contribution is -2.28. The largest absolute Gasteiger partial charge is 0.399 e. The van der Waals surface area contributed by atoms with Crippen LogP contribution in [0.4, 0.5) is 5.69 Å². The van der Waals surface area contributed by atoms with Crippen LogP contribution in [-0.2, 0) is 9.59 Å². The van der Waals surface area contributed by atoms with Gasteiger partial charge in [-0.15, -0.1) is 0 Å². The third kappa shape index (κ3) is 3.08. The number of imide groups is 1. The van der Waals surface area contributed by atoms with Crippen molar-refractivity contribution < 1.29 is 9.59 Å². The van der Waals surface area contributed by atoms with E-state index in [4.69, 9.17) is 5.73 Å². The van der Waals surface area contributed by atoms with Crippen molar-refractivity contribution in [2.75, 3.05) is 5.73 Å². The zero-order chi connectivity index (χ0) is 12.0. The summed E-state index contributed by atoms with van der Waals surface area (Å²) in [6.45, 7) is 2.00. The Morgan fingerprint density at radius 1 is 1.44 bits per heavy atom. The van der Waals surface area contributed by atoms with Crippen molar-refractivity contribution in [2.24, 2.45) is 0 Å². The molecule has 3 N–H and O–H groups in total. The van der Waals surface area contributed by atoms with Gasteiger partial charge in [0.1, 0.15) is 0 Å². The summed E-state index contributed by atoms with van der Waals surface area (Å²) in [7, 11) is 0. The fraction of sp³-hybridized carbons (Fsp3) is 0.333. The summed E-state index contributed by atoms with van der Waals surface area (Å²) in [5.41, 5.74) is 7.13. The molecule has 0 fully saturated rings. The zero-order valence-electron chi connectivity index (χ0n) is 9.27. The van der Waals surface area contributed by atoms with E-state index in [0.717, 1.165) is 12.0 Å². The number of benzene rings is 1. The van der Waals surface area contributed by atoms with Crippen LogP contribution < -0.4 is 11.1 Å². The Morgan fingerprint density at radius 2 is 2.06 bits per heavy atom. The Labute approximate surface area is 94.8 Å². The second-order valence-electron chi connectivity index (χ2n) is 3.63. The van der Waals surface area contributed by atoms with Crippen molar-refractivity contribution in [3.8, 4) is 0 Å². The van der Waals surface area contributed by atoms with Gasteiger partial charge in [-0.25, -0.2) is 0 Å². The Morgan fingerprint density at radius 3 is 2.56 bits per heavy atom. The molecular weight excluding hydrogens is 204 g/mol. The summed E-state index contributed by atoms with van der Waals surface area (Å²) < 4.78 is 0. The number of nitrogens with one attached hydrogen (secondary N) is 1. The van der Waals surface area contributed by atoms with Crippen LogP contribution in [0.2, 0.25) is 0 Å². The van der Waals surface area contributed by atoms with Crippen molar-refractivity contribution in [2.45, 2.75) is 25.7 Å². The van der Waals surface area contributed by atoms with Gasteiger partial charge >= 0.3 is 0 Å². The van der Waals surface area contributed by atoms with Crippen LogP contribution in [0.25, 0.3) is 0 Å². The molecule has 0 aliphatic heterocycles. The number of carbonyl (C=O) groups excluding carboxylic acids is 2. The average molecular weight is 220 g/mol. The first-order valence-electron chi connectivity index (χ1n) is 5.28. The van der Waals surface area contributed by atoms with Gasteiger partial charge in [0.25, 0.3) is 0 Å². The molecule has 1 aromatic rings. The summed E-state index contributed by atoms with van der Waals surface area (Å²) in [6.07, 6.45) is 2.01. The first-order chi connectivity index (χ1) is 7.69. The summed E-state index contributed by atoms with van der Waals surface area (Å²) in [6, 6.07) is 7.15. The van der Waals surface area contributed by atoms with Crippen LogP contribution in [0.1, 0.15) is 31.2 Å². The van der Waals surface area contributed by atoms with Gasteiger partial charge in [-0.3, -0.25) is 14.9 Å². The molecule has 1 atom stereocenters. The fourth-order valence-electron chi connectivity index (χ4n) is 1.62. The number of nitrogen functional groups attached to an aromatic ring is 1. The third-order valence-corrected chi connectivity index (χ3v) is 2.43. The summed E-state index contributed by atoms with van der Waals surface area (Å²) in [4.78, 5) is 21.9. The highest BCUT2D eigenvalue weighted by Crippen LogP contribution is 2.22. The lowest BCUT2D eigenvalue weighted by Gasteiger charge is -2.14. The van der Waals surface area contributed by atoms with E-state index in [1.807, 2.05) is 19.1 Å². The van der Waals surface area contributed by atoms with E-state index >= 15 is 0 Å². The summed E-state index contributed by atoms with van der Waals surface area (Å²) >= 11 is 0. The van der Waals surface area contributed by atoms with E-state index < -0.39 is 0 Å². The molecule has 0 radical (unpaired) electrons. The topological polar surface area (TPSA) is 72.2 Å². The second kappa shape index (κ2) is 5.90. The molecule has 0 aliphatic rings. The first kappa shape index (κ1) is 12.2. The standard InChI is InChI=1S/C12H16N2O2/c1-2-3-11(12(16)14-8-15)9-4-6-10(13)7-5-9/h4-8,11H,2-3,13H2,1H3,(H,14,15,16). The van der Waals surface area contributed by atoms with Crippen LogP contribution >= 0.6 is 0 Å². The first-order valence-corrected chi connectivity index (χ1v) is 5.28. The van der Waals surface area contributed by atoms with E-state index in [9.17, 15) is 9.59 Å². The molecule has 86 valence electrons. The van der Waals surface area contributed by atoms with Gasteiger partial charge in [-0.2, -0.15) is 0 Å². The number of rotatable bonds is 5. The molecule has 4 nitrogen and oxygen atoms in total. The quantitative estimate of drug-likeness (QED) is 0.582. The van der Waals surface area contributed by atoms with E-state index in [1.165, 1.54) is 0 Å². The lowest BCUT2D eigenvalue weighted by molar-refractivity contribution is -0.126. The summed E-state index contributed by atoms with van der Waals surface area (Å²) in [5, 5.41) is 2.19. The SMILES string of the molecule is CCCC(C(=O)NC=O)c1ccc(N)cc1. The Kier molecular flexibility index (Phi) is 4.51. The highest BCUT2D eigenvalue weighted by molar-refractivity contribution is 5.91. The maximum atomic E-state index is 11.6. The predicted molar refractivity (Wildman–Crippen MR) is 62.7 cm³/mol. The number of hydrogen-bond donors (Lipinski definition) is 2. The molecular formula is C12H16N2O2. The molecule has 1 aromatic carbocycles. The Balaban J connectivity index is 2.88. The molecule has 4 heteroatoms.